The largest absolute Gasteiger partial charge is 0.282 e. The van der Waals surface area contributed by atoms with Gasteiger partial charge in [0.25, 0.3) is 11.2 Å². The summed E-state index contributed by atoms with van der Waals surface area (Å²) in [6, 6.07) is 9.24. The van der Waals surface area contributed by atoms with Crippen molar-refractivity contribution in [3.63, 3.8) is 0 Å². The number of non-ortho nitro benzene ring substituents is 1. The second-order valence-corrected chi connectivity index (χ2v) is 6.47. The number of nitro benzene ring substituents is 1. The van der Waals surface area contributed by atoms with Crippen LogP contribution in [0, 0.1) is 17.0 Å². The predicted octanol–water partition coefficient (Wildman–Crippen LogP) is 3.91. The van der Waals surface area contributed by atoms with Gasteiger partial charge < -0.3 is 0 Å². The maximum atomic E-state index is 12.6. The number of fused-ring (bicyclic) bond motifs is 1. The molecule has 0 amide bonds. The molecule has 25 heavy (non-hydrogen) atoms. The first kappa shape index (κ1) is 17.2. The van der Waals surface area contributed by atoms with Crippen molar-refractivity contribution in [2.75, 3.05) is 0 Å². The van der Waals surface area contributed by atoms with Crippen LogP contribution in [0.5, 0.6) is 0 Å². The fourth-order valence-electron chi connectivity index (χ4n) is 2.25. The average Bonchev–Trinajstić information content (AvgIpc) is 2.56. The molecule has 0 spiro atoms. The molecule has 1 aromatic heterocycles. The van der Waals surface area contributed by atoms with Gasteiger partial charge >= 0.3 is 0 Å². The van der Waals surface area contributed by atoms with Crippen LogP contribution >= 0.6 is 27.5 Å². The minimum Gasteiger partial charge on any atom is -0.267 e. The topological polar surface area (TPSA) is 90.4 Å². The molecule has 0 unspecified atom stereocenters. The molecule has 0 fully saturated rings. The molecule has 0 saturated heterocycles. The van der Waals surface area contributed by atoms with Gasteiger partial charge in [-0.25, -0.2) is 4.98 Å². The smallest absolute Gasteiger partial charge is 0.267 e. The van der Waals surface area contributed by atoms with Crippen LogP contribution < -0.4 is 5.56 Å². The van der Waals surface area contributed by atoms with Gasteiger partial charge in [-0.3, -0.25) is 14.9 Å². The fourth-order valence-corrected chi connectivity index (χ4v) is 2.83. The lowest BCUT2D eigenvalue weighted by Crippen LogP contribution is -2.20. The number of benzene rings is 2. The summed E-state index contributed by atoms with van der Waals surface area (Å²) in [7, 11) is 0. The van der Waals surface area contributed by atoms with E-state index >= 15 is 0 Å². The zero-order valence-corrected chi connectivity index (χ0v) is 15.2. The SMILES string of the molecule is Cc1nc2ccc(Br)cc2c(=O)n1N=Cc1ccc([N+](=O)[O-])cc1Cl. The summed E-state index contributed by atoms with van der Waals surface area (Å²) in [4.78, 5) is 27.2. The van der Waals surface area contributed by atoms with Crippen molar-refractivity contribution in [2.45, 2.75) is 6.92 Å². The molecular weight excluding hydrogens is 412 g/mol. The first-order chi connectivity index (χ1) is 11.9. The average molecular weight is 422 g/mol. The first-order valence-electron chi connectivity index (χ1n) is 7.04. The number of halogens is 2. The quantitative estimate of drug-likeness (QED) is 0.364. The summed E-state index contributed by atoms with van der Waals surface area (Å²) >= 11 is 9.36. The zero-order valence-electron chi connectivity index (χ0n) is 12.8. The highest BCUT2D eigenvalue weighted by Gasteiger charge is 2.10. The second kappa shape index (κ2) is 6.73. The highest BCUT2D eigenvalue weighted by molar-refractivity contribution is 9.10. The fraction of sp³-hybridized carbons (Fsp3) is 0.0625. The second-order valence-electron chi connectivity index (χ2n) is 5.14. The lowest BCUT2D eigenvalue weighted by molar-refractivity contribution is -0.384. The summed E-state index contributed by atoms with van der Waals surface area (Å²) in [6.45, 7) is 1.66. The van der Waals surface area contributed by atoms with E-state index in [-0.39, 0.29) is 16.3 Å². The number of nitro groups is 1. The van der Waals surface area contributed by atoms with E-state index in [9.17, 15) is 14.9 Å². The van der Waals surface area contributed by atoms with Crippen molar-refractivity contribution >= 4 is 50.3 Å². The van der Waals surface area contributed by atoms with E-state index in [1.165, 1.54) is 24.4 Å². The monoisotopic (exact) mass is 420 g/mol. The molecule has 9 heteroatoms. The molecule has 0 saturated carbocycles. The van der Waals surface area contributed by atoms with Gasteiger partial charge in [-0.1, -0.05) is 27.5 Å². The van der Waals surface area contributed by atoms with Gasteiger partial charge in [0.05, 0.1) is 27.1 Å². The maximum Gasteiger partial charge on any atom is 0.282 e. The van der Waals surface area contributed by atoms with Crippen LogP contribution in [0.1, 0.15) is 11.4 Å². The summed E-state index contributed by atoms with van der Waals surface area (Å²) in [5, 5.41) is 15.5. The third kappa shape index (κ3) is 3.45. The Bertz CT molecular complexity index is 1090. The highest BCUT2D eigenvalue weighted by atomic mass is 79.9. The van der Waals surface area contributed by atoms with Gasteiger partial charge in [0.15, 0.2) is 0 Å². The molecule has 7 nitrogen and oxygen atoms in total. The van der Waals surface area contributed by atoms with Gasteiger partial charge in [-0.15, -0.1) is 0 Å². The molecule has 1 heterocycles. The molecule has 126 valence electrons. The van der Waals surface area contributed by atoms with Crippen LogP contribution in [-0.2, 0) is 0 Å². The van der Waals surface area contributed by atoms with Crippen molar-refractivity contribution in [3.8, 4) is 0 Å². The van der Waals surface area contributed by atoms with Gasteiger partial charge in [0.1, 0.15) is 5.82 Å². The van der Waals surface area contributed by atoms with Crippen molar-refractivity contribution in [1.29, 1.82) is 0 Å². The van der Waals surface area contributed by atoms with Gasteiger partial charge in [0.2, 0.25) is 0 Å². The van der Waals surface area contributed by atoms with Crippen LogP contribution in [0.3, 0.4) is 0 Å². The van der Waals surface area contributed by atoms with Crippen molar-refractivity contribution in [1.82, 2.24) is 9.66 Å². The minimum absolute atomic E-state index is 0.118. The maximum absolute atomic E-state index is 12.6. The van der Waals surface area contributed by atoms with E-state index in [0.717, 1.165) is 9.15 Å². The first-order valence-corrected chi connectivity index (χ1v) is 8.21. The molecule has 3 rings (SSSR count). The predicted molar refractivity (Wildman–Crippen MR) is 99.5 cm³/mol. The number of rotatable bonds is 3. The Kier molecular flexibility index (Phi) is 4.65. The lowest BCUT2D eigenvalue weighted by Gasteiger charge is -2.06. The number of aryl methyl sites for hydroxylation is 1. The Morgan fingerprint density at radius 3 is 2.76 bits per heavy atom. The summed E-state index contributed by atoms with van der Waals surface area (Å²) < 4.78 is 1.92. The van der Waals surface area contributed by atoms with Gasteiger partial charge in [-0.05, 0) is 31.2 Å². The van der Waals surface area contributed by atoms with E-state index in [2.05, 4.69) is 26.0 Å². The van der Waals surface area contributed by atoms with Crippen LogP contribution in [-0.4, -0.2) is 20.8 Å². The van der Waals surface area contributed by atoms with Crippen LogP contribution in [0.15, 0.2) is 50.8 Å². The van der Waals surface area contributed by atoms with Crippen molar-refractivity contribution in [3.05, 3.63) is 77.7 Å². The highest BCUT2D eigenvalue weighted by Crippen LogP contribution is 2.21. The number of nitrogens with zero attached hydrogens (tertiary/aromatic N) is 4. The van der Waals surface area contributed by atoms with E-state index in [1.807, 2.05) is 0 Å². The molecule has 0 aliphatic rings. The molecule has 0 radical (unpaired) electrons. The Hall–Kier alpha value is -2.58. The molecular formula is C16H10BrClN4O3. The van der Waals surface area contributed by atoms with E-state index in [0.29, 0.717) is 22.3 Å². The van der Waals surface area contributed by atoms with Crippen molar-refractivity contribution < 1.29 is 4.92 Å². The molecule has 2 aromatic carbocycles. The molecule has 0 atom stereocenters. The Labute approximate surface area is 154 Å². The van der Waals surface area contributed by atoms with Gasteiger partial charge in [-0.2, -0.15) is 9.78 Å². The standard InChI is InChI=1S/C16H10BrClN4O3/c1-9-20-15-5-3-11(17)6-13(15)16(23)21(9)19-8-10-2-4-12(22(24)25)7-14(10)18/h2-8H,1H3. The van der Waals surface area contributed by atoms with Crippen molar-refractivity contribution in [2.24, 2.45) is 5.10 Å². The van der Waals surface area contributed by atoms with E-state index < -0.39 is 4.92 Å². The normalized spacial score (nSPS) is 11.3. The molecule has 0 bridgehead atoms. The Balaban J connectivity index is 2.07. The lowest BCUT2D eigenvalue weighted by atomic mass is 10.2. The molecule has 3 aromatic rings. The van der Waals surface area contributed by atoms with Crippen LogP contribution in [0.25, 0.3) is 10.9 Å². The molecule has 0 N–H and O–H groups in total. The van der Waals surface area contributed by atoms with Crippen LogP contribution in [0.4, 0.5) is 5.69 Å². The number of aromatic nitrogens is 2. The minimum atomic E-state index is -0.535. The Morgan fingerprint density at radius 2 is 2.08 bits per heavy atom. The van der Waals surface area contributed by atoms with Gasteiger partial charge in [0, 0.05) is 22.2 Å². The van der Waals surface area contributed by atoms with Crippen LogP contribution in [0.2, 0.25) is 5.02 Å². The molecule has 0 aliphatic carbocycles. The Morgan fingerprint density at radius 1 is 1.32 bits per heavy atom. The number of hydrogen-bond donors (Lipinski definition) is 0. The zero-order chi connectivity index (χ0) is 18.1. The molecule has 0 aliphatic heterocycles. The summed E-state index contributed by atoms with van der Waals surface area (Å²) in [5.74, 6) is 0.411. The summed E-state index contributed by atoms with van der Waals surface area (Å²) in [5.41, 5.74) is 0.587. The third-order valence-corrected chi connectivity index (χ3v) is 4.30. The van der Waals surface area contributed by atoms with E-state index in [4.69, 9.17) is 11.6 Å². The van der Waals surface area contributed by atoms with E-state index in [1.54, 1.807) is 25.1 Å². The third-order valence-electron chi connectivity index (χ3n) is 3.48. The number of hydrogen-bond acceptors (Lipinski definition) is 5. The summed E-state index contributed by atoms with van der Waals surface area (Å²) in [6.07, 6.45) is 1.37.